The van der Waals surface area contributed by atoms with Crippen LogP contribution in [0, 0.1) is 0 Å². The molecule has 1 saturated heterocycles. The molecule has 0 amide bonds. The van der Waals surface area contributed by atoms with E-state index in [-0.39, 0.29) is 0 Å². The summed E-state index contributed by atoms with van der Waals surface area (Å²) >= 11 is 11.9. The molecule has 1 atom stereocenters. The number of carboxylic acids is 1. The van der Waals surface area contributed by atoms with E-state index in [0.29, 0.717) is 22.2 Å². The van der Waals surface area contributed by atoms with Crippen molar-refractivity contribution >= 4 is 29.2 Å². The van der Waals surface area contributed by atoms with Gasteiger partial charge < -0.3 is 10.4 Å². The van der Waals surface area contributed by atoms with Gasteiger partial charge in [0.2, 0.25) is 0 Å². The summed E-state index contributed by atoms with van der Waals surface area (Å²) in [5.74, 6) is -0.875. The Bertz CT molecular complexity index is 440. The molecule has 2 rings (SSSR count). The number of carboxylic acid groups (broad SMARTS) is 1. The predicted molar refractivity (Wildman–Crippen MR) is 75.9 cm³/mol. The fourth-order valence-electron chi connectivity index (χ4n) is 2.37. The number of hydrogen-bond donors (Lipinski definition) is 2. The summed E-state index contributed by atoms with van der Waals surface area (Å²) in [6, 6.07) is 4.25. The van der Waals surface area contributed by atoms with Crippen molar-refractivity contribution < 1.29 is 9.90 Å². The standard InChI is InChI=1S/C13H16Cl2N2O2/c14-10-6-9(7-11(15)8-10)12(13(18)19)17-4-1-2-16-3-5-17/h6-8,12,16H,1-5H2,(H,18,19). The zero-order valence-electron chi connectivity index (χ0n) is 10.4. The smallest absolute Gasteiger partial charge is 0.325 e. The molecular formula is C13H16Cl2N2O2. The second-order valence-corrected chi connectivity index (χ2v) is 5.46. The highest BCUT2D eigenvalue weighted by atomic mass is 35.5. The number of nitrogens with zero attached hydrogens (tertiary/aromatic N) is 1. The maximum atomic E-state index is 11.6. The largest absolute Gasteiger partial charge is 0.480 e. The van der Waals surface area contributed by atoms with Crippen molar-refractivity contribution in [1.82, 2.24) is 10.2 Å². The minimum absolute atomic E-state index is 0.460. The number of benzene rings is 1. The van der Waals surface area contributed by atoms with E-state index >= 15 is 0 Å². The number of rotatable bonds is 3. The van der Waals surface area contributed by atoms with Gasteiger partial charge in [0.05, 0.1) is 0 Å². The molecule has 0 aliphatic carbocycles. The molecule has 104 valence electrons. The van der Waals surface area contributed by atoms with E-state index in [1.54, 1.807) is 18.2 Å². The maximum absolute atomic E-state index is 11.6. The third-order valence-corrected chi connectivity index (χ3v) is 3.61. The summed E-state index contributed by atoms with van der Waals surface area (Å²) in [6.07, 6.45) is 0.929. The average Bonchev–Trinajstić information content (AvgIpc) is 2.56. The van der Waals surface area contributed by atoms with Gasteiger partial charge in [-0.05, 0) is 36.7 Å². The third-order valence-electron chi connectivity index (χ3n) is 3.17. The van der Waals surface area contributed by atoms with Gasteiger partial charge in [0, 0.05) is 29.7 Å². The van der Waals surface area contributed by atoms with Crippen LogP contribution in [0.5, 0.6) is 0 Å². The van der Waals surface area contributed by atoms with Gasteiger partial charge in [-0.1, -0.05) is 23.2 Å². The van der Waals surface area contributed by atoms with Crippen LogP contribution in [0.15, 0.2) is 18.2 Å². The molecule has 0 radical (unpaired) electrons. The first-order chi connectivity index (χ1) is 9.08. The van der Waals surface area contributed by atoms with Crippen molar-refractivity contribution in [2.24, 2.45) is 0 Å². The Morgan fingerprint density at radius 1 is 1.21 bits per heavy atom. The Kier molecular flexibility index (Phi) is 5.05. The van der Waals surface area contributed by atoms with Crippen molar-refractivity contribution in [3.05, 3.63) is 33.8 Å². The molecule has 1 aliphatic heterocycles. The van der Waals surface area contributed by atoms with Crippen LogP contribution >= 0.6 is 23.2 Å². The number of aliphatic carboxylic acids is 1. The Hall–Kier alpha value is -0.810. The van der Waals surface area contributed by atoms with Crippen molar-refractivity contribution in [2.45, 2.75) is 12.5 Å². The zero-order valence-corrected chi connectivity index (χ0v) is 11.9. The van der Waals surface area contributed by atoms with Gasteiger partial charge in [-0.25, -0.2) is 0 Å². The molecule has 19 heavy (non-hydrogen) atoms. The predicted octanol–water partition coefficient (Wildman–Crippen LogP) is 2.41. The summed E-state index contributed by atoms with van der Waals surface area (Å²) in [5, 5.41) is 13.7. The van der Waals surface area contributed by atoms with Crippen LogP contribution in [0.3, 0.4) is 0 Å². The second-order valence-electron chi connectivity index (χ2n) is 4.58. The van der Waals surface area contributed by atoms with Gasteiger partial charge in [0.25, 0.3) is 0 Å². The van der Waals surface area contributed by atoms with Crippen molar-refractivity contribution in [2.75, 3.05) is 26.2 Å². The van der Waals surface area contributed by atoms with Crippen LogP contribution in [-0.2, 0) is 4.79 Å². The molecule has 0 bridgehead atoms. The average molecular weight is 303 g/mol. The molecule has 1 fully saturated rings. The van der Waals surface area contributed by atoms with E-state index in [1.807, 2.05) is 4.90 Å². The lowest BCUT2D eigenvalue weighted by Crippen LogP contribution is -2.36. The number of carbonyl (C=O) groups is 1. The van der Waals surface area contributed by atoms with Crippen LogP contribution in [-0.4, -0.2) is 42.2 Å². The quantitative estimate of drug-likeness (QED) is 0.900. The van der Waals surface area contributed by atoms with E-state index < -0.39 is 12.0 Å². The first-order valence-electron chi connectivity index (χ1n) is 6.21. The van der Waals surface area contributed by atoms with E-state index in [4.69, 9.17) is 23.2 Å². The number of nitrogens with one attached hydrogen (secondary N) is 1. The van der Waals surface area contributed by atoms with Crippen molar-refractivity contribution in [3.63, 3.8) is 0 Å². The maximum Gasteiger partial charge on any atom is 0.325 e. The molecule has 6 heteroatoms. The minimum atomic E-state index is -0.875. The molecule has 4 nitrogen and oxygen atoms in total. The lowest BCUT2D eigenvalue weighted by molar-refractivity contribution is -0.143. The molecule has 1 unspecified atom stereocenters. The molecule has 2 N–H and O–H groups in total. The highest BCUT2D eigenvalue weighted by Crippen LogP contribution is 2.27. The third kappa shape index (κ3) is 3.83. The lowest BCUT2D eigenvalue weighted by Gasteiger charge is -2.27. The van der Waals surface area contributed by atoms with Crippen molar-refractivity contribution in [1.29, 1.82) is 0 Å². The first-order valence-corrected chi connectivity index (χ1v) is 6.97. The fraction of sp³-hybridized carbons (Fsp3) is 0.462. The summed E-state index contributed by atoms with van der Waals surface area (Å²) in [5.41, 5.74) is 0.631. The monoisotopic (exact) mass is 302 g/mol. The van der Waals surface area contributed by atoms with E-state index in [1.165, 1.54) is 0 Å². The molecule has 0 spiro atoms. The number of halogens is 2. The fourth-order valence-corrected chi connectivity index (χ4v) is 2.91. The van der Waals surface area contributed by atoms with E-state index in [9.17, 15) is 9.90 Å². The SMILES string of the molecule is O=C(O)C(c1cc(Cl)cc(Cl)c1)N1CCCNCC1. The van der Waals surface area contributed by atoms with E-state index in [0.717, 1.165) is 26.1 Å². The lowest BCUT2D eigenvalue weighted by atomic mass is 10.1. The Labute approximate surface area is 122 Å². The minimum Gasteiger partial charge on any atom is -0.480 e. The molecule has 1 aliphatic rings. The topological polar surface area (TPSA) is 52.6 Å². The number of hydrogen-bond acceptors (Lipinski definition) is 3. The van der Waals surface area contributed by atoms with Crippen LogP contribution in [0.2, 0.25) is 10.0 Å². The summed E-state index contributed by atoms with van der Waals surface area (Å²) < 4.78 is 0. The van der Waals surface area contributed by atoms with Crippen LogP contribution in [0.4, 0.5) is 0 Å². The molecule has 1 heterocycles. The van der Waals surface area contributed by atoms with Crippen LogP contribution < -0.4 is 5.32 Å². The van der Waals surface area contributed by atoms with Gasteiger partial charge in [-0.3, -0.25) is 9.69 Å². The zero-order chi connectivity index (χ0) is 13.8. The summed E-state index contributed by atoms with van der Waals surface area (Å²) in [6.45, 7) is 3.15. The van der Waals surface area contributed by atoms with E-state index in [2.05, 4.69) is 5.32 Å². The molecule has 1 aromatic rings. The molecule has 0 saturated carbocycles. The molecule has 1 aromatic carbocycles. The Morgan fingerprint density at radius 2 is 1.89 bits per heavy atom. The molecular weight excluding hydrogens is 287 g/mol. The molecule has 0 aromatic heterocycles. The highest BCUT2D eigenvalue weighted by Gasteiger charge is 2.28. The van der Waals surface area contributed by atoms with Crippen molar-refractivity contribution in [3.8, 4) is 0 Å². The summed E-state index contributed by atoms with van der Waals surface area (Å²) in [7, 11) is 0. The highest BCUT2D eigenvalue weighted by molar-refractivity contribution is 6.34. The van der Waals surface area contributed by atoms with Gasteiger partial charge in [0.15, 0.2) is 0 Å². The van der Waals surface area contributed by atoms with Crippen LogP contribution in [0.25, 0.3) is 0 Å². The van der Waals surface area contributed by atoms with Gasteiger partial charge in [-0.15, -0.1) is 0 Å². The van der Waals surface area contributed by atoms with Crippen LogP contribution in [0.1, 0.15) is 18.0 Å². The van der Waals surface area contributed by atoms with Gasteiger partial charge in [-0.2, -0.15) is 0 Å². The first kappa shape index (κ1) is 14.6. The van der Waals surface area contributed by atoms with Gasteiger partial charge in [0.1, 0.15) is 6.04 Å². The second kappa shape index (κ2) is 6.57. The van der Waals surface area contributed by atoms with Gasteiger partial charge >= 0.3 is 5.97 Å². The Balaban J connectivity index is 2.30. The normalized spacial score (nSPS) is 18.8. The Morgan fingerprint density at radius 3 is 2.53 bits per heavy atom. The summed E-state index contributed by atoms with van der Waals surface area (Å²) in [4.78, 5) is 13.5.